The van der Waals surface area contributed by atoms with Crippen LogP contribution in [-0.4, -0.2) is 46.1 Å². The van der Waals surface area contributed by atoms with Crippen LogP contribution in [0, 0.1) is 0 Å². The van der Waals surface area contributed by atoms with Gasteiger partial charge in [-0.2, -0.15) is 4.80 Å². The van der Waals surface area contributed by atoms with Gasteiger partial charge in [0.05, 0.1) is 14.2 Å². The summed E-state index contributed by atoms with van der Waals surface area (Å²) in [6.07, 6.45) is 0. The molecule has 28 heavy (non-hydrogen) atoms. The number of tetrazole rings is 1. The number of amides is 1. The molecule has 144 valence electrons. The average molecular weight is 381 g/mol. The molecule has 9 heteroatoms. The molecule has 0 fully saturated rings. The van der Waals surface area contributed by atoms with Crippen LogP contribution in [0.4, 0.5) is 5.69 Å². The Hall–Kier alpha value is -3.75. The van der Waals surface area contributed by atoms with Gasteiger partial charge in [-0.1, -0.05) is 12.1 Å². The highest BCUT2D eigenvalue weighted by molar-refractivity contribution is 5.97. The Morgan fingerprint density at radius 2 is 1.86 bits per heavy atom. The summed E-state index contributed by atoms with van der Waals surface area (Å²) in [5, 5.41) is 14.8. The molecule has 0 aliphatic carbocycles. The van der Waals surface area contributed by atoms with Crippen LogP contribution in [0.2, 0.25) is 0 Å². The lowest BCUT2D eigenvalue weighted by atomic mass is 10.1. The van der Waals surface area contributed by atoms with Crippen LogP contribution in [-0.2, 0) is 11.3 Å². The van der Waals surface area contributed by atoms with Crippen molar-refractivity contribution < 1.29 is 19.1 Å². The minimum Gasteiger partial charge on any atom is -0.493 e. The second-order valence-electron chi connectivity index (χ2n) is 5.90. The van der Waals surface area contributed by atoms with Crippen molar-refractivity contribution in [2.45, 2.75) is 13.5 Å². The molecule has 1 heterocycles. The number of Topliss-reactive ketones (excluding diaryl/α,β-unsaturated/α-hetero) is 1. The maximum Gasteiger partial charge on any atom is 0.248 e. The van der Waals surface area contributed by atoms with Gasteiger partial charge in [0.25, 0.3) is 0 Å². The lowest BCUT2D eigenvalue weighted by Crippen LogP contribution is -2.20. The van der Waals surface area contributed by atoms with Gasteiger partial charge in [0.1, 0.15) is 6.54 Å². The standard InChI is InChI=1S/C19H19N5O4/c1-12(25)13-5-4-6-15(9-13)20-18(26)11-24-22-19(21-23-24)14-7-8-16(27-2)17(10-14)28-3/h4-10H,11H2,1-3H3,(H,20,26). The molecule has 0 aliphatic heterocycles. The zero-order valence-electron chi connectivity index (χ0n) is 15.7. The van der Waals surface area contributed by atoms with Gasteiger partial charge in [-0.25, -0.2) is 0 Å². The number of nitrogens with zero attached hydrogens (tertiary/aromatic N) is 4. The van der Waals surface area contributed by atoms with Gasteiger partial charge in [-0.15, -0.1) is 10.2 Å². The van der Waals surface area contributed by atoms with Crippen LogP contribution < -0.4 is 14.8 Å². The molecule has 3 rings (SSSR count). The summed E-state index contributed by atoms with van der Waals surface area (Å²) in [7, 11) is 3.09. The van der Waals surface area contributed by atoms with E-state index >= 15 is 0 Å². The molecule has 1 aromatic heterocycles. The van der Waals surface area contributed by atoms with Crippen LogP contribution in [0.5, 0.6) is 11.5 Å². The van der Waals surface area contributed by atoms with Gasteiger partial charge >= 0.3 is 0 Å². The third-order valence-electron chi connectivity index (χ3n) is 3.93. The predicted molar refractivity (Wildman–Crippen MR) is 101 cm³/mol. The molecule has 0 bridgehead atoms. The van der Waals surface area contributed by atoms with E-state index in [0.717, 1.165) is 0 Å². The van der Waals surface area contributed by atoms with Gasteiger partial charge in [-0.3, -0.25) is 9.59 Å². The van der Waals surface area contributed by atoms with E-state index in [9.17, 15) is 9.59 Å². The van der Waals surface area contributed by atoms with Crippen molar-refractivity contribution in [3.8, 4) is 22.9 Å². The maximum atomic E-state index is 12.2. The molecular formula is C19H19N5O4. The molecule has 0 saturated carbocycles. The Morgan fingerprint density at radius 3 is 2.57 bits per heavy atom. The van der Waals surface area contributed by atoms with Gasteiger partial charge in [0.15, 0.2) is 17.3 Å². The highest BCUT2D eigenvalue weighted by Gasteiger charge is 2.13. The number of carbonyl (C=O) groups is 2. The molecule has 9 nitrogen and oxygen atoms in total. The first-order valence-corrected chi connectivity index (χ1v) is 8.41. The van der Waals surface area contributed by atoms with Crippen molar-refractivity contribution in [2.75, 3.05) is 19.5 Å². The fourth-order valence-corrected chi connectivity index (χ4v) is 2.55. The highest BCUT2D eigenvalue weighted by Crippen LogP contribution is 2.30. The van der Waals surface area contributed by atoms with E-state index in [-0.39, 0.29) is 18.2 Å². The van der Waals surface area contributed by atoms with E-state index in [1.54, 1.807) is 49.6 Å². The molecule has 0 aliphatic rings. The van der Waals surface area contributed by atoms with E-state index in [0.29, 0.717) is 34.1 Å². The van der Waals surface area contributed by atoms with E-state index < -0.39 is 0 Å². The van der Waals surface area contributed by atoms with Crippen molar-refractivity contribution in [2.24, 2.45) is 0 Å². The van der Waals surface area contributed by atoms with Crippen molar-refractivity contribution in [3.63, 3.8) is 0 Å². The number of ketones is 1. The molecule has 0 saturated heterocycles. The van der Waals surface area contributed by atoms with Crippen molar-refractivity contribution in [3.05, 3.63) is 48.0 Å². The van der Waals surface area contributed by atoms with E-state index in [1.807, 2.05) is 0 Å². The van der Waals surface area contributed by atoms with Gasteiger partial charge in [-0.05, 0) is 42.5 Å². The summed E-state index contributed by atoms with van der Waals surface area (Å²) < 4.78 is 10.5. The van der Waals surface area contributed by atoms with Gasteiger partial charge < -0.3 is 14.8 Å². The summed E-state index contributed by atoms with van der Waals surface area (Å²) >= 11 is 0. The van der Waals surface area contributed by atoms with Crippen molar-refractivity contribution >= 4 is 17.4 Å². The van der Waals surface area contributed by atoms with Crippen LogP contribution in [0.3, 0.4) is 0 Å². The summed E-state index contributed by atoms with van der Waals surface area (Å²) in [6, 6.07) is 12.0. The summed E-state index contributed by atoms with van der Waals surface area (Å²) in [6.45, 7) is 1.35. The Labute approximate surface area is 161 Å². The van der Waals surface area contributed by atoms with E-state index in [4.69, 9.17) is 9.47 Å². The number of ether oxygens (including phenoxy) is 2. The fraction of sp³-hybridized carbons (Fsp3) is 0.211. The highest BCUT2D eigenvalue weighted by atomic mass is 16.5. The quantitative estimate of drug-likeness (QED) is 0.625. The average Bonchev–Trinajstić information content (AvgIpc) is 3.15. The largest absolute Gasteiger partial charge is 0.493 e. The number of hydrogen-bond donors (Lipinski definition) is 1. The molecular weight excluding hydrogens is 362 g/mol. The lowest BCUT2D eigenvalue weighted by molar-refractivity contribution is -0.117. The maximum absolute atomic E-state index is 12.2. The first-order valence-electron chi connectivity index (χ1n) is 8.41. The van der Waals surface area contributed by atoms with E-state index in [2.05, 4.69) is 20.7 Å². The Kier molecular flexibility index (Phi) is 5.64. The number of rotatable bonds is 7. The smallest absolute Gasteiger partial charge is 0.248 e. The van der Waals surface area contributed by atoms with Gasteiger partial charge in [0.2, 0.25) is 11.7 Å². The second kappa shape index (κ2) is 8.30. The Bertz CT molecular complexity index is 1020. The van der Waals surface area contributed by atoms with Crippen LogP contribution in [0.15, 0.2) is 42.5 Å². The summed E-state index contributed by atoms with van der Waals surface area (Å²) in [5.41, 5.74) is 1.73. The van der Waals surface area contributed by atoms with Crippen molar-refractivity contribution in [1.29, 1.82) is 0 Å². The third kappa shape index (κ3) is 4.32. The minimum absolute atomic E-state index is 0.0754. The number of hydrogen-bond acceptors (Lipinski definition) is 7. The van der Waals surface area contributed by atoms with Gasteiger partial charge in [0, 0.05) is 16.8 Å². The SMILES string of the molecule is COc1ccc(-c2nnn(CC(=O)Nc3cccc(C(C)=O)c3)n2)cc1OC. The summed E-state index contributed by atoms with van der Waals surface area (Å²) in [4.78, 5) is 24.9. The van der Waals surface area contributed by atoms with Crippen LogP contribution in [0.25, 0.3) is 11.4 Å². The number of nitrogens with one attached hydrogen (secondary N) is 1. The number of carbonyl (C=O) groups excluding carboxylic acids is 2. The second-order valence-corrected chi connectivity index (χ2v) is 5.90. The number of anilines is 1. The number of benzene rings is 2. The monoisotopic (exact) mass is 381 g/mol. The normalized spacial score (nSPS) is 10.4. The molecule has 1 amide bonds. The molecule has 0 radical (unpaired) electrons. The Morgan fingerprint density at radius 1 is 1.07 bits per heavy atom. The topological polar surface area (TPSA) is 108 Å². The lowest BCUT2D eigenvalue weighted by Gasteiger charge is -2.07. The first kappa shape index (κ1) is 19.0. The van der Waals surface area contributed by atoms with E-state index in [1.165, 1.54) is 18.8 Å². The first-order chi connectivity index (χ1) is 13.5. The number of aromatic nitrogens is 4. The minimum atomic E-state index is -0.336. The van der Waals surface area contributed by atoms with Crippen molar-refractivity contribution in [1.82, 2.24) is 20.2 Å². The van der Waals surface area contributed by atoms with Crippen LogP contribution >= 0.6 is 0 Å². The molecule has 0 unspecified atom stereocenters. The predicted octanol–water partition coefficient (Wildman–Crippen LogP) is 2.20. The number of methoxy groups -OCH3 is 2. The molecule has 1 N–H and O–H groups in total. The van der Waals surface area contributed by atoms with Crippen LogP contribution in [0.1, 0.15) is 17.3 Å². The molecule has 0 atom stereocenters. The zero-order chi connectivity index (χ0) is 20.1. The molecule has 3 aromatic rings. The molecule has 2 aromatic carbocycles. The molecule has 0 spiro atoms. The fourth-order valence-electron chi connectivity index (χ4n) is 2.55. The Balaban J connectivity index is 1.70. The summed E-state index contributed by atoms with van der Waals surface area (Å²) in [5.74, 6) is 1.07. The third-order valence-corrected chi connectivity index (χ3v) is 3.93. The zero-order valence-corrected chi connectivity index (χ0v) is 15.7.